The first-order valence-corrected chi connectivity index (χ1v) is 12.5. The summed E-state index contributed by atoms with van der Waals surface area (Å²) in [6.45, 7) is 13.9. The Hall–Kier alpha value is -1.32. The van der Waals surface area contributed by atoms with E-state index in [2.05, 4.69) is 40.7 Å². The average molecular weight is 429 g/mol. The Morgan fingerprint density at radius 1 is 0.935 bits per heavy atom. The molecule has 4 heteroatoms. The molecule has 4 nitrogen and oxygen atoms in total. The minimum atomic E-state index is -0.760. The molecule has 4 aliphatic carbocycles. The number of cyclic esters (lactones) is 1. The molecule has 1 saturated heterocycles. The molecule has 0 aromatic rings. The number of hydrogen-bond acceptors (Lipinski definition) is 4. The van der Waals surface area contributed by atoms with E-state index in [0.717, 1.165) is 30.3 Å². The summed E-state index contributed by atoms with van der Waals surface area (Å²) in [7, 11) is 0. The van der Waals surface area contributed by atoms with Gasteiger partial charge in [-0.25, -0.2) is 4.79 Å². The van der Waals surface area contributed by atoms with Crippen LogP contribution in [0.4, 0.5) is 0 Å². The Bertz CT molecular complexity index is 842. The first kappa shape index (κ1) is 21.5. The molecule has 0 bridgehead atoms. The van der Waals surface area contributed by atoms with Gasteiger partial charge in [-0.1, -0.05) is 47.1 Å². The molecule has 0 aromatic heterocycles. The molecule has 0 amide bonds. The lowest BCUT2D eigenvalue weighted by molar-refractivity contribution is -0.219. The van der Waals surface area contributed by atoms with Gasteiger partial charge in [-0.3, -0.25) is 4.79 Å². The molecule has 172 valence electrons. The summed E-state index contributed by atoms with van der Waals surface area (Å²) in [6.07, 6.45) is 11.2. The number of carbonyl (C=O) groups excluding carboxylic acids is 2. The Balaban J connectivity index is 1.54. The van der Waals surface area contributed by atoms with Crippen molar-refractivity contribution in [2.24, 2.45) is 45.3 Å². The molecular formula is C27H40O4. The number of esters is 2. The molecule has 31 heavy (non-hydrogen) atoms. The standard InChI is InChI=1S/C27H40O4/c1-16(28)30-23-21-17(22(29)31-23)8-9-19-26(5)14-10-18-24(2,3)12-7-13-25(18,4)20(26)11-15-27(19,21)6/h8,18-21,23H,7,9-15H2,1-6H3/t18-,19-,20+,21?,23+,25-,26-,27-/m0/s1. The lowest BCUT2D eigenvalue weighted by Crippen LogP contribution is -2.63. The molecule has 4 fully saturated rings. The fourth-order valence-electron chi connectivity index (χ4n) is 9.95. The predicted molar refractivity (Wildman–Crippen MR) is 119 cm³/mol. The van der Waals surface area contributed by atoms with E-state index < -0.39 is 6.29 Å². The minimum absolute atomic E-state index is 0.0744. The highest BCUT2D eigenvalue weighted by molar-refractivity contribution is 5.92. The summed E-state index contributed by atoms with van der Waals surface area (Å²) in [4.78, 5) is 24.4. The largest absolute Gasteiger partial charge is 0.425 e. The molecule has 0 aromatic carbocycles. The minimum Gasteiger partial charge on any atom is -0.425 e. The fourth-order valence-corrected chi connectivity index (χ4v) is 9.95. The van der Waals surface area contributed by atoms with Gasteiger partial charge in [0, 0.05) is 12.5 Å². The van der Waals surface area contributed by atoms with Crippen molar-refractivity contribution in [3.8, 4) is 0 Å². The zero-order valence-electron chi connectivity index (χ0n) is 20.3. The second kappa shape index (κ2) is 6.60. The molecule has 1 heterocycles. The highest BCUT2D eigenvalue weighted by Gasteiger charge is 2.68. The zero-order valence-corrected chi connectivity index (χ0v) is 20.3. The molecule has 5 aliphatic rings. The van der Waals surface area contributed by atoms with Crippen molar-refractivity contribution >= 4 is 11.9 Å². The smallest absolute Gasteiger partial charge is 0.337 e. The third kappa shape index (κ3) is 2.78. The summed E-state index contributed by atoms with van der Waals surface area (Å²) in [6, 6.07) is 0. The van der Waals surface area contributed by atoms with Crippen LogP contribution < -0.4 is 0 Å². The van der Waals surface area contributed by atoms with Gasteiger partial charge in [0.2, 0.25) is 0 Å². The second-order valence-corrected chi connectivity index (χ2v) is 12.9. The first-order valence-electron chi connectivity index (χ1n) is 12.5. The summed E-state index contributed by atoms with van der Waals surface area (Å²) in [5.41, 5.74) is 1.76. The highest BCUT2D eigenvalue weighted by atomic mass is 16.7. The second-order valence-electron chi connectivity index (χ2n) is 12.9. The van der Waals surface area contributed by atoms with Crippen LogP contribution in [0.2, 0.25) is 0 Å². The van der Waals surface area contributed by atoms with Gasteiger partial charge in [-0.05, 0) is 84.4 Å². The van der Waals surface area contributed by atoms with Crippen molar-refractivity contribution < 1.29 is 19.1 Å². The average Bonchev–Trinajstić information content (AvgIpc) is 2.96. The van der Waals surface area contributed by atoms with Crippen molar-refractivity contribution in [3.63, 3.8) is 0 Å². The van der Waals surface area contributed by atoms with E-state index in [9.17, 15) is 9.59 Å². The quantitative estimate of drug-likeness (QED) is 0.478. The van der Waals surface area contributed by atoms with Crippen LogP contribution in [0.5, 0.6) is 0 Å². The highest BCUT2D eigenvalue weighted by Crippen LogP contribution is 2.73. The Morgan fingerprint density at radius 2 is 1.58 bits per heavy atom. The molecule has 3 saturated carbocycles. The van der Waals surface area contributed by atoms with Crippen LogP contribution in [0.15, 0.2) is 11.6 Å². The molecule has 1 aliphatic heterocycles. The van der Waals surface area contributed by atoms with Crippen molar-refractivity contribution in [3.05, 3.63) is 11.6 Å². The molecule has 0 radical (unpaired) electrons. The van der Waals surface area contributed by atoms with Gasteiger partial charge < -0.3 is 9.47 Å². The van der Waals surface area contributed by atoms with E-state index in [1.165, 1.54) is 45.4 Å². The third-order valence-corrected chi connectivity index (χ3v) is 11.0. The number of hydrogen-bond donors (Lipinski definition) is 0. The summed E-state index contributed by atoms with van der Waals surface area (Å²) >= 11 is 0. The van der Waals surface area contributed by atoms with E-state index >= 15 is 0 Å². The monoisotopic (exact) mass is 428 g/mol. The SMILES string of the molecule is CC(=O)O[C@@H]1OC(=O)C2=CC[C@H]3[C@]4(C)CC[C@H]5C(C)(C)CCC[C@]5(C)[C@H]4CC[C@]3(C)C21. The number of rotatable bonds is 1. The van der Waals surface area contributed by atoms with E-state index in [-0.39, 0.29) is 28.7 Å². The maximum Gasteiger partial charge on any atom is 0.337 e. The van der Waals surface area contributed by atoms with E-state index in [0.29, 0.717) is 16.7 Å². The maximum atomic E-state index is 12.6. The van der Waals surface area contributed by atoms with Gasteiger partial charge in [0.15, 0.2) is 0 Å². The number of allylic oxidation sites excluding steroid dienone is 1. The van der Waals surface area contributed by atoms with Crippen LogP contribution in [-0.4, -0.2) is 18.2 Å². The Kier molecular flexibility index (Phi) is 4.59. The molecular weight excluding hydrogens is 388 g/mol. The van der Waals surface area contributed by atoms with Gasteiger partial charge in [-0.2, -0.15) is 0 Å². The fraction of sp³-hybridized carbons (Fsp3) is 0.852. The van der Waals surface area contributed by atoms with Crippen LogP contribution in [0.1, 0.15) is 92.9 Å². The van der Waals surface area contributed by atoms with Gasteiger partial charge in [0.05, 0.1) is 5.92 Å². The Labute approximate surface area is 187 Å². The molecule has 0 N–H and O–H groups in total. The van der Waals surface area contributed by atoms with Crippen LogP contribution in [0.3, 0.4) is 0 Å². The summed E-state index contributed by atoms with van der Waals surface area (Å²) in [5.74, 6) is 1.22. The zero-order chi connectivity index (χ0) is 22.4. The first-order chi connectivity index (χ1) is 14.4. The molecule has 8 atom stereocenters. The van der Waals surface area contributed by atoms with Crippen molar-refractivity contribution in [1.82, 2.24) is 0 Å². The number of fused-ring (bicyclic) bond motifs is 7. The number of ether oxygens (including phenoxy) is 2. The van der Waals surface area contributed by atoms with Crippen molar-refractivity contribution in [2.75, 3.05) is 0 Å². The van der Waals surface area contributed by atoms with Gasteiger partial charge in [-0.15, -0.1) is 0 Å². The lowest BCUT2D eigenvalue weighted by atomic mass is 9.35. The topological polar surface area (TPSA) is 52.6 Å². The summed E-state index contributed by atoms with van der Waals surface area (Å²) < 4.78 is 11.1. The van der Waals surface area contributed by atoms with Crippen molar-refractivity contribution in [1.29, 1.82) is 0 Å². The summed E-state index contributed by atoms with van der Waals surface area (Å²) in [5, 5.41) is 0. The van der Waals surface area contributed by atoms with Crippen molar-refractivity contribution in [2.45, 2.75) is 99.2 Å². The predicted octanol–water partition coefficient (Wildman–Crippen LogP) is 6.04. The van der Waals surface area contributed by atoms with Crippen LogP contribution in [0, 0.1) is 45.3 Å². The van der Waals surface area contributed by atoms with Crippen LogP contribution in [-0.2, 0) is 19.1 Å². The van der Waals surface area contributed by atoms with E-state index in [1.807, 2.05) is 0 Å². The Morgan fingerprint density at radius 3 is 2.29 bits per heavy atom. The number of carbonyl (C=O) groups is 2. The molecule has 0 spiro atoms. The van der Waals surface area contributed by atoms with Gasteiger partial charge in [0.1, 0.15) is 0 Å². The van der Waals surface area contributed by atoms with E-state index in [4.69, 9.17) is 9.47 Å². The molecule has 5 rings (SSSR count). The van der Waals surface area contributed by atoms with Crippen LogP contribution in [0.25, 0.3) is 0 Å². The molecule has 1 unspecified atom stereocenters. The van der Waals surface area contributed by atoms with Gasteiger partial charge in [0.25, 0.3) is 6.29 Å². The van der Waals surface area contributed by atoms with Crippen LogP contribution >= 0.6 is 0 Å². The lowest BCUT2D eigenvalue weighted by Gasteiger charge is -2.69. The third-order valence-electron chi connectivity index (χ3n) is 11.0. The van der Waals surface area contributed by atoms with E-state index in [1.54, 1.807) is 0 Å². The maximum absolute atomic E-state index is 12.6. The normalized spacial score (nSPS) is 50.2. The van der Waals surface area contributed by atoms with Gasteiger partial charge >= 0.3 is 11.9 Å².